The molecule has 0 bridgehead atoms. The fourth-order valence-electron chi connectivity index (χ4n) is 2.93. The summed E-state index contributed by atoms with van der Waals surface area (Å²) in [5.74, 6) is -4.42. The van der Waals surface area contributed by atoms with Gasteiger partial charge in [-0.3, -0.25) is 24.0 Å². The van der Waals surface area contributed by atoms with E-state index in [0.717, 1.165) is 0 Å². The fraction of sp³-hybridized carbons (Fsp3) is 0.421. The predicted octanol–water partition coefficient (Wildman–Crippen LogP) is -4.48. The SMILES string of the molecule is NCC(=O)N[C@@H](Cc1cnc[nH]1)C(=O)N[C@@H](CO)C(=O)N[C@@H](Cc1cnc[nH]1)C(=O)NCC(=O)O. The van der Waals surface area contributed by atoms with Gasteiger partial charge in [-0.2, -0.15) is 0 Å². The molecule has 0 saturated carbocycles. The third-order valence-electron chi connectivity index (χ3n) is 4.66. The Balaban J connectivity index is 2.09. The van der Waals surface area contributed by atoms with Crippen molar-refractivity contribution in [1.29, 1.82) is 0 Å². The number of carbonyl (C=O) groups excluding carboxylic acids is 4. The van der Waals surface area contributed by atoms with Gasteiger partial charge in [0.05, 0.1) is 25.8 Å². The summed E-state index contributed by atoms with van der Waals surface area (Å²) in [4.78, 5) is 73.7. The largest absolute Gasteiger partial charge is 0.480 e. The van der Waals surface area contributed by atoms with Gasteiger partial charge in [0, 0.05) is 36.6 Å². The number of carboxylic acid groups (broad SMARTS) is 1. The Morgan fingerprint density at radius 2 is 1.37 bits per heavy atom. The smallest absolute Gasteiger partial charge is 0.322 e. The lowest BCUT2D eigenvalue weighted by Gasteiger charge is -2.24. The van der Waals surface area contributed by atoms with Crippen LogP contribution in [0.15, 0.2) is 25.0 Å². The third kappa shape index (κ3) is 8.86. The summed E-state index contributed by atoms with van der Waals surface area (Å²) < 4.78 is 0. The molecule has 3 atom stereocenters. The quantitative estimate of drug-likeness (QED) is 0.122. The Kier molecular flexibility index (Phi) is 10.3. The molecule has 0 aliphatic carbocycles. The molecule has 0 aromatic carbocycles. The first kappa shape index (κ1) is 26.9. The summed E-state index contributed by atoms with van der Waals surface area (Å²) in [6.45, 7) is -1.88. The fourth-order valence-corrected chi connectivity index (χ4v) is 2.93. The molecule has 16 nitrogen and oxygen atoms in total. The molecule has 2 aromatic heterocycles. The number of H-pyrrole nitrogens is 2. The third-order valence-corrected chi connectivity index (χ3v) is 4.66. The standard InChI is InChI=1S/C19H27N9O7/c20-3-15(30)26-13(2-11-5-22-9-25-11)18(34)28-14(7-29)19(35)27-12(1-10-4-21-8-24-10)17(33)23-6-16(31)32/h4-5,8-9,12-14,29H,1-3,6-7,20H2,(H,21,24)(H,22,25)(H,23,33)(H,26,30)(H,27,35)(H,28,34)(H,31,32)/t12-,13-,14-/m0/s1. The second-order valence-electron chi connectivity index (χ2n) is 7.30. The molecule has 0 aliphatic heterocycles. The zero-order valence-corrected chi connectivity index (χ0v) is 18.5. The summed E-state index contributed by atoms with van der Waals surface area (Å²) >= 11 is 0. The van der Waals surface area contributed by atoms with E-state index >= 15 is 0 Å². The maximum Gasteiger partial charge on any atom is 0.322 e. The predicted molar refractivity (Wildman–Crippen MR) is 117 cm³/mol. The van der Waals surface area contributed by atoms with Crippen LogP contribution in [0.5, 0.6) is 0 Å². The van der Waals surface area contributed by atoms with E-state index in [1.54, 1.807) is 0 Å². The zero-order valence-electron chi connectivity index (χ0n) is 18.5. The lowest BCUT2D eigenvalue weighted by molar-refractivity contribution is -0.138. The van der Waals surface area contributed by atoms with E-state index in [0.29, 0.717) is 11.4 Å². The van der Waals surface area contributed by atoms with Crippen molar-refractivity contribution in [2.24, 2.45) is 5.73 Å². The first-order valence-electron chi connectivity index (χ1n) is 10.4. The Hall–Kier alpha value is -4.31. The molecular formula is C19H27N9O7. The number of nitrogens with two attached hydrogens (primary N) is 1. The van der Waals surface area contributed by atoms with E-state index in [1.165, 1.54) is 25.0 Å². The maximum absolute atomic E-state index is 12.8. The first-order valence-corrected chi connectivity index (χ1v) is 10.4. The van der Waals surface area contributed by atoms with Crippen LogP contribution in [0.1, 0.15) is 11.4 Å². The molecule has 4 amide bonds. The lowest BCUT2D eigenvalue weighted by Crippen LogP contribution is -2.59. The minimum atomic E-state index is -1.49. The number of hydrogen-bond acceptors (Lipinski definition) is 9. The van der Waals surface area contributed by atoms with Crippen LogP contribution in [0, 0.1) is 0 Å². The van der Waals surface area contributed by atoms with E-state index in [2.05, 4.69) is 41.2 Å². The number of aromatic amines is 2. The number of carbonyl (C=O) groups is 5. The van der Waals surface area contributed by atoms with Crippen molar-refractivity contribution >= 4 is 29.6 Å². The number of aliphatic hydroxyl groups is 1. The molecule has 10 N–H and O–H groups in total. The number of nitrogens with one attached hydrogen (secondary N) is 6. The van der Waals surface area contributed by atoms with Crippen LogP contribution < -0.4 is 27.0 Å². The molecule has 2 rings (SSSR count). The monoisotopic (exact) mass is 493 g/mol. The van der Waals surface area contributed by atoms with E-state index in [4.69, 9.17) is 10.8 Å². The number of aromatic nitrogens is 4. The number of amides is 4. The van der Waals surface area contributed by atoms with Crippen molar-refractivity contribution in [2.45, 2.75) is 31.0 Å². The highest BCUT2D eigenvalue weighted by Crippen LogP contribution is 2.02. The molecule has 0 radical (unpaired) electrons. The molecule has 0 unspecified atom stereocenters. The van der Waals surface area contributed by atoms with E-state index in [9.17, 15) is 29.1 Å². The highest BCUT2D eigenvalue weighted by Gasteiger charge is 2.30. The number of aliphatic hydroxyl groups excluding tert-OH is 1. The van der Waals surface area contributed by atoms with E-state index < -0.39 is 60.9 Å². The number of imidazole rings is 2. The summed E-state index contributed by atoms with van der Waals surface area (Å²) in [5.41, 5.74) is 6.28. The normalized spacial score (nSPS) is 13.2. The van der Waals surface area contributed by atoms with Gasteiger partial charge >= 0.3 is 5.97 Å². The number of nitrogens with zero attached hydrogens (tertiary/aromatic N) is 2. The number of aliphatic carboxylic acids is 1. The van der Waals surface area contributed by atoms with Crippen LogP contribution in [0.2, 0.25) is 0 Å². The van der Waals surface area contributed by atoms with Gasteiger partial charge in [0.15, 0.2) is 0 Å². The molecule has 35 heavy (non-hydrogen) atoms. The first-order chi connectivity index (χ1) is 16.7. The van der Waals surface area contributed by atoms with Gasteiger partial charge in [-0.25, -0.2) is 9.97 Å². The molecule has 0 saturated heterocycles. The second kappa shape index (κ2) is 13.4. The van der Waals surface area contributed by atoms with Gasteiger partial charge in [-0.15, -0.1) is 0 Å². The molecule has 2 aromatic rings. The van der Waals surface area contributed by atoms with E-state index in [1.807, 2.05) is 0 Å². The van der Waals surface area contributed by atoms with Gasteiger partial charge in [0.25, 0.3) is 0 Å². The van der Waals surface area contributed by atoms with Gasteiger partial charge < -0.3 is 47.2 Å². The number of hydrogen-bond donors (Lipinski definition) is 9. The average Bonchev–Trinajstić information content (AvgIpc) is 3.54. The molecule has 0 spiro atoms. The van der Waals surface area contributed by atoms with Crippen LogP contribution in [0.4, 0.5) is 0 Å². The molecule has 0 aliphatic rings. The Morgan fingerprint density at radius 3 is 1.83 bits per heavy atom. The van der Waals surface area contributed by atoms with Crippen molar-refractivity contribution < 1.29 is 34.2 Å². The van der Waals surface area contributed by atoms with Crippen molar-refractivity contribution in [3.8, 4) is 0 Å². The van der Waals surface area contributed by atoms with Gasteiger partial charge in [-0.05, 0) is 0 Å². The summed E-state index contributed by atoms with van der Waals surface area (Å²) in [6, 6.07) is -3.88. The van der Waals surface area contributed by atoms with Crippen LogP contribution in [0.25, 0.3) is 0 Å². The summed E-state index contributed by atoms with van der Waals surface area (Å²) in [5, 5.41) is 27.8. The molecule has 2 heterocycles. The Morgan fingerprint density at radius 1 is 0.857 bits per heavy atom. The van der Waals surface area contributed by atoms with E-state index in [-0.39, 0.29) is 19.4 Å². The summed E-state index contributed by atoms with van der Waals surface area (Å²) in [7, 11) is 0. The van der Waals surface area contributed by atoms with Gasteiger partial charge in [-0.1, -0.05) is 0 Å². The topological polar surface area (TPSA) is 257 Å². The van der Waals surface area contributed by atoms with Crippen LogP contribution in [-0.4, -0.2) is 97.6 Å². The van der Waals surface area contributed by atoms with Crippen LogP contribution in [-0.2, 0) is 36.8 Å². The number of carboxylic acids is 1. The van der Waals surface area contributed by atoms with Gasteiger partial charge in [0.1, 0.15) is 24.7 Å². The van der Waals surface area contributed by atoms with Gasteiger partial charge in [0.2, 0.25) is 23.6 Å². The summed E-state index contributed by atoms with van der Waals surface area (Å²) in [6.07, 6.45) is 5.52. The number of rotatable bonds is 14. The van der Waals surface area contributed by atoms with Crippen LogP contribution >= 0.6 is 0 Å². The van der Waals surface area contributed by atoms with Crippen molar-refractivity contribution in [3.05, 3.63) is 36.4 Å². The van der Waals surface area contributed by atoms with Crippen molar-refractivity contribution in [1.82, 2.24) is 41.2 Å². The zero-order chi connectivity index (χ0) is 25.8. The second-order valence-corrected chi connectivity index (χ2v) is 7.30. The highest BCUT2D eigenvalue weighted by atomic mass is 16.4. The molecular weight excluding hydrogens is 466 g/mol. The maximum atomic E-state index is 12.8. The van der Waals surface area contributed by atoms with Crippen molar-refractivity contribution in [3.63, 3.8) is 0 Å². The van der Waals surface area contributed by atoms with Crippen molar-refractivity contribution in [2.75, 3.05) is 19.7 Å². The molecule has 0 fully saturated rings. The molecule has 16 heteroatoms. The average molecular weight is 493 g/mol. The Labute approximate surface area is 198 Å². The minimum absolute atomic E-state index is 0.00259. The Bertz CT molecular complexity index is 994. The molecule has 190 valence electrons. The lowest BCUT2D eigenvalue weighted by atomic mass is 10.1. The van der Waals surface area contributed by atoms with Crippen LogP contribution in [0.3, 0.4) is 0 Å². The minimum Gasteiger partial charge on any atom is -0.480 e. The highest BCUT2D eigenvalue weighted by molar-refractivity contribution is 5.95.